The number of rotatable bonds is 6. The lowest BCUT2D eigenvalue weighted by molar-refractivity contribution is 0.0930. The molecule has 0 saturated heterocycles. The zero-order chi connectivity index (χ0) is 21.1. The molecule has 0 radical (unpaired) electrons. The Balaban J connectivity index is 1.46. The Morgan fingerprint density at radius 3 is 2.53 bits per heavy atom. The van der Waals surface area contributed by atoms with Crippen LogP contribution < -0.4 is 10.1 Å². The minimum Gasteiger partial charge on any atom is -0.488 e. The van der Waals surface area contributed by atoms with Crippen molar-refractivity contribution in [3.8, 4) is 16.9 Å². The Bertz CT molecular complexity index is 1110. The number of hydrogen-bond acceptors (Lipinski definition) is 4. The predicted octanol–water partition coefficient (Wildman–Crippen LogP) is 5.01. The van der Waals surface area contributed by atoms with Crippen LogP contribution in [0.2, 0.25) is 0 Å². The minimum absolute atomic E-state index is 0.0495. The van der Waals surface area contributed by atoms with Crippen molar-refractivity contribution in [3.05, 3.63) is 83.4 Å². The molecule has 4 rings (SSSR count). The molecule has 1 amide bonds. The molecule has 0 saturated carbocycles. The summed E-state index contributed by atoms with van der Waals surface area (Å²) in [5.41, 5.74) is 4.42. The van der Waals surface area contributed by atoms with E-state index in [-0.39, 0.29) is 17.8 Å². The molecule has 3 aromatic rings. The summed E-state index contributed by atoms with van der Waals surface area (Å²) in [7, 11) is 0. The molecule has 1 atom stereocenters. The van der Waals surface area contributed by atoms with Crippen molar-refractivity contribution in [1.82, 2.24) is 5.32 Å². The summed E-state index contributed by atoms with van der Waals surface area (Å²) in [6.45, 7) is 2.03. The van der Waals surface area contributed by atoms with E-state index in [1.165, 1.54) is 0 Å². The van der Waals surface area contributed by atoms with Gasteiger partial charge in [0.25, 0.3) is 5.91 Å². The van der Waals surface area contributed by atoms with Gasteiger partial charge < -0.3 is 10.1 Å². The van der Waals surface area contributed by atoms with Crippen molar-refractivity contribution in [3.63, 3.8) is 0 Å². The molecule has 152 valence electrons. The first-order valence-corrected chi connectivity index (χ1v) is 11.1. The van der Waals surface area contributed by atoms with Crippen LogP contribution in [0.4, 0.5) is 0 Å². The minimum atomic E-state index is -0.108. The summed E-state index contributed by atoms with van der Waals surface area (Å²) in [4.78, 5) is 25.5. The molecule has 1 N–H and O–H groups in total. The summed E-state index contributed by atoms with van der Waals surface area (Å²) >= 11 is 1.56. The second kappa shape index (κ2) is 8.76. The fraction of sp³-hybridized carbons (Fsp3) is 0.200. The smallest absolute Gasteiger partial charge is 0.252 e. The van der Waals surface area contributed by atoms with E-state index in [2.05, 4.69) is 11.4 Å². The van der Waals surface area contributed by atoms with Crippen molar-refractivity contribution < 1.29 is 14.3 Å². The van der Waals surface area contributed by atoms with Crippen LogP contribution in [0, 0.1) is 0 Å². The zero-order valence-corrected chi connectivity index (χ0v) is 17.8. The van der Waals surface area contributed by atoms with E-state index in [0.29, 0.717) is 17.7 Å². The third-order valence-electron chi connectivity index (χ3n) is 5.26. The van der Waals surface area contributed by atoms with Gasteiger partial charge in [0.15, 0.2) is 5.78 Å². The van der Waals surface area contributed by atoms with Crippen LogP contribution in [0.15, 0.2) is 71.6 Å². The average Bonchev–Trinajstić information content (AvgIpc) is 3.19. The van der Waals surface area contributed by atoms with Crippen molar-refractivity contribution in [2.24, 2.45) is 0 Å². The number of fused-ring (bicyclic) bond motifs is 1. The molecule has 0 fully saturated rings. The Labute approximate surface area is 180 Å². The summed E-state index contributed by atoms with van der Waals surface area (Å²) in [5, 5.41) is 3.00. The lowest BCUT2D eigenvalue weighted by atomic mass is 9.95. The van der Waals surface area contributed by atoms with Crippen molar-refractivity contribution >= 4 is 23.5 Å². The molecule has 0 bridgehead atoms. The fourth-order valence-electron chi connectivity index (χ4n) is 3.78. The van der Waals surface area contributed by atoms with Crippen LogP contribution in [-0.2, 0) is 6.42 Å². The Kier molecular flexibility index (Phi) is 5.91. The number of ether oxygens (including phenoxy) is 1. The highest BCUT2D eigenvalue weighted by Gasteiger charge is 2.24. The molecule has 30 heavy (non-hydrogen) atoms. The van der Waals surface area contributed by atoms with Crippen LogP contribution in [0.3, 0.4) is 0 Å². The molecule has 1 unspecified atom stereocenters. The monoisotopic (exact) mass is 417 g/mol. The van der Waals surface area contributed by atoms with Gasteiger partial charge in [-0.3, -0.25) is 9.59 Å². The highest BCUT2D eigenvalue weighted by atomic mass is 32.2. The standard InChI is InChI=1S/C25H23NO3S/c1-16(27)20-7-3-4-8-21(20)17-11-12-23-18(13-17)14-19(29-23)15-26-25(28)22-9-5-6-10-24(22)30-2/h3-13,19H,14-15H2,1-2H3,(H,26,28). The summed E-state index contributed by atoms with van der Waals surface area (Å²) in [5.74, 6) is 0.798. The van der Waals surface area contributed by atoms with Crippen LogP contribution in [-0.4, -0.2) is 30.6 Å². The first-order valence-electron chi connectivity index (χ1n) is 9.88. The first-order chi connectivity index (χ1) is 14.6. The van der Waals surface area contributed by atoms with Gasteiger partial charge in [0, 0.05) is 16.9 Å². The van der Waals surface area contributed by atoms with Crippen LogP contribution in [0.1, 0.15) is 33.2 Å². The lowest BCUT2D eigenvalue weighted by Gasteiger charge is -2.13. The molecule has 0 spiro atoms. The van der Waals surface area contributed by atoms with Gasteiger partial charge >= 0.3 is 0 Å². The SMILES string of the molecule is CSc1ccccc1C(=O)NCC1Cc2cc(-c3ccccc3C(C)=O)ccc2O1. The van der Waals surface area contributed by atoms with E-state index < -0.39 is 0 Å². The van der Waals surface area contributed by atoms with E-state index in [4.69, 9.17) is 4.74 Å². The van der Waals surface area contributed by atoms with Crippen LogP contribution >= 0.6 is 11.8 Å². The van der Waals surface area contributed by atoms with Gasteiger partial charge in [0.05, 0.1) is 12.1 Å². The first kappa shape index (κ1) is 20.2. The second-order valence-electron chi connectivity index (χ2n) is 7.28. The summed E-state index contributed by atoms with van der Waals surface area (Å²) in [6, 6.07) is 21.2. The van der Waals surface area contributed by atoms with E-state index >= 15 is 0 Å². The highest BCUT2D eigenvalue weighted by Crippen LogP contribution is 2.34. The molecule has 1 aliphatic rings. The number of amides is 1. The van der Waals surface area contributed by atoms with Gasteiger partial charge in [0.1, 0.15) is 11.9 Å². The average molecular weight is 418 g/mol. The van der Waals surface area contributed by atoms with Gasteiger partial charge in [-0.15, -0.1) is 11.8 Å². The number of thioether (sulfide) groups is 1. The van der Waals surface area contributed by atoms with Gasteiger partial charge in [-0.05, 0) is 54.1 Å². The molecule has 5 heteroatoms. The van der Waals surface area contributed by atoms with E-state index in [1.54, 1.807) is 18.7 Å². The zero-order valence-electron chi connectivity index (χ0n) is 17.0. The molecule has 3 aromatic carbocycles. The van der Waals surface area contributed by atoms with Gasteiger partial charge in [0.2, 0.25) is 0 Å². The number of hydrogen-bond donors (Lipinski definition) is 1. The fourth-order valence-corrected chi connectivity index (χ4v) is 4.37. The van der Waals surface area contributed by atoms with Gasteiger partial charge in [-0.1, -0.05) is 42.5 Å². The predicted molar refractivity (Wildman–Crippen MR) is 121 cm³/mol. The van der Waals surface area contributed by atoms with Crippen molar-refractivity contribution in [2.75, 3.05) is 12.8 Å². The maximum absolute atomic E-state index is 12.6. The Hall–Kier alpha value is -3.05. The number of Topliss-reactive ketones (excluding diaryl/α,β-unsaturated/α-hetero) is 1. The molecular weight excluding hydrogens is 394 g/mol. The van der Waals surface area contributed by atoms with Gasteiger partial charge in [-0.2, -0.15) is 0 Å². The topological polar surface area (TPSA) is 55.4 Å². The number of nitrogens with one attached hydrogen (secondary N) is 1. The number of benzene rings is 3. The van der Waals surface area contributed by atoms with Crippen molar-refractivity contribution in [1.29, 1.82) is 0 Å². The normalized spacial score (nSPS) is 14.7. The summed E-state index contributed by atoms with van der Waals surface area (Å²) < 4.78 is 6.03. The molecule has 0 aromatic heterocycles. The third-order valence-corrected chi connectivity index (χ3v) is 6.06. The lowest BCUT2D eigenvalue weighted by Crippen LogP contribution is -2.34. The molecular formula is C25H23NO3S. The highest BCUT2D eigenvalue weighted by molar-refractivity contribution is 7.98. The molecule has 4 nitrogen and oxygen atoms in total. The quantitative estimate of drug-likeness (QED) is 0.452. The summed E-state index contributed by atoms with van der Waals surface area (Å²) in [6.07, 6.45) is 2.57. The third kappa shape index (κ3) is 4.12. The van der Waals surface area contributed by atoms with E-state index in [9.17, 15) is 9.59 Å². The Morgan fingerprint density at radius 2 is 1.77 bits per heavy atom. The van der Waals surface area contributed by atoms with Crippen LogP contribution in [0.5, 0.6) is 5.75 Å². The Morgan fingerprint density at radius 1 is 1.03 bits per heavy atom. The van der Waals surface area contributed by atoms with Crippen molar-refractivity contribution in [2.45, 2.75) is 24.3 Å². The number of ketones is 1. The molecule has 0 aliphatic carbocycles. The van der Waals surface area contributed by atoms with E-state index in [0.717, 1.165) is 33.8 Å². The van der Waals surface area contributed by atoms with E-state index in [1.807, 2.05) is 66.9 Å². The van der Waals surface area contributed by atoms with Crippen LogP contribution in [0.25, 0.3) is 11.1 Å². The maximum Gasteiger partial charge on any atom is 0.252 e. The number of carbonyl (C=O) groups excluding carboxylic acids is 2. The number of carbonyl (C=O) groups is 2. The largest absolute Gasteiger partial charge is 0.488 e. The molecule has 1 aliphatic heterocycles. The second-order valence-corrected chi connectivity index (χ2v) is 8.13. The maximum atomic E-state index is 12.6. The molecule has 1 heterocycles. The van der Waals surface area contributed by atoms with Gasteiger partial charge in [-0.25, -0.2) is 0 Å².